The average Bonchev–Trinajstić information content (AvgIpc) is 3.47. The Bertz CT molecular complexity index is 1470. The van der Waals surface area contributed by atoms with Gasteiger partial charge in [0.15, 0.2) is 23.0 Å². The fraction of sp³-hybridized carbons (Fsp3) is 0.154. The van der Waals surface area contributed by atoms with Crippen molar-refractivity contribution >= 4 is 46.3 Å². The molecule has 0 radical (unpaired) electrons. The maximum absolute atomic E-state index is 13.0. The number of fused-ring (bicyclic) bond motifs is 1. The predicted octanol–water partition coefficient (Wildman–Crippen LogP) is 5.80. The zero-order chi connectivity index (χ0) is 26.8. The van der Waals surface area contributed by atoms with Crippen LogP contribution in [0.4, 0.5) is 10.5 Å². The topological polar surface area (TPSA) is 117 Å². The first-order chi connectivity index (χ1) is 18.3. The molecule has 10 nitrogen and oxygen atoms in total. The van der Waals surface area contributed by atoms with Crippen LogP contribution in [0.1, 0.15) is 16.7 Å². The van der Waals surface area contributed by atoms with E-state index in [4.69, 9.17) is 30.5 Å². The average molecular weight is 555 g/mol. The van der Waals surface area contributed by atoms with E-state index in [-0.39, 0.29) is 30.5 Å². The number of nitro benzene ring substituents is 1. The monoisotopic (exact) mass is 554 g/mol. The quantitative estimate of drug-likeness (QED) is 0.193. The number of thioether (sulfide) groups is 1. The second-order valence-corrected chi connectivity index (χ2v) is 9.59. The molecule has 3 aromatic rings. The maximum atomic E-state index is 13.0. The lowest BCUT2D eigenvalue weighted by Crippen LogP contribution is -2.27. The van der Waals surface area contributed by atoms with Crippen molar-refractivity contribution in [2.45, 2.75) is 13.2 Å². The van der Waals surface area contributed by atoms with Gasteiger partial charge in [0.05, 0.1) is 23.5 Å². The molecule has 2 heterocycles. The number of rotatable bonds is 8. The predicted molar refractivity (Wildman–Crippen MR) is 140 cm³/mol. The van der Waals surface area contributed by atoms with Crippen molar-refractivity contribution in [1.82, 2.24) is 4.90 Å². The molecule has 2 aliphatic heterocycles. The zero-order valence-electron chi connectivity index (χ0n) is 19.8. The lowest BCUT2D eigenvalue weighted by Gasteiger charge is -2.14. The first kappa shape index (κ1) is 25.4. The van der Waals surface area contributed by atoms with Gasteiger partial charge in [-0.05, 0) is 64.9 Å². The van der Waals surface area contributed by atoms with E-state index in [1.807, 2.05) is 0 Å². The summed E-state index contributed by atoms with van der Waals surface area (Å²) in [5, 5.41) is 10.8. The van der Waals surface area contributed by atoms with Crippen LogP contribution in [-0.2, 0) is 17.9 Å². The van der Waals surface area contributed by atoms with E-state index in [2.05, 4.69) is 0 Å². The zero-order valence-corrected chi connectivity index (χ0v) is 21.4. The number of nitro groups is 1. The largest absolute Gasteiger partial charge is 0.493 e. The van der Waals surface area contributed by atoms with Crippen molar-refractivity contribution in [2.75, 3.05) is 13.9 Å². The van der Waals surface area contributed by atoms with E-state index in [1.54, 1.807) is 48.5 Å². The van der Waals surface area contributed by atoms with E-state index in [0.717, 1.165) is 22.2 Å². The molecule has 0 atom stereocenters. The standard InChI is InChI=1S/C26H19ClN2O8S/c1-34-21-8-16(4-7-20(21)35-13-15-2-5-18(6-3-15)29(32)33)9-24-25(30)28(26(31)38-24)12-17-10-22-23(11-19(17)27)37-14-36-22/h2-11H,12-14H2,1H3/b24-9-. The van der Waals surface area contributed by atoms with Gasteiger partial charge in [-0.15, -0.1) is 0 Å². The molecule has 194 valence electrons. The van der Waals surface area contributed by atoms with Gasteiger partial charge in [0.25, 0.3) is 16.8 Å². The summed E-state index contributed by atoms with van der Waals surface area (Å²) in [6.07, 6.45) is 1.61. The van der Waals surface area contributed by atoms with Crippen LogP contribution in [0.25, 0.3) is 6.08 Å². The third-order valence-electron chi connectivity index (χ3n) is 5.77. The molecule has 0 spiro atoms. The molecule has 0 saturated carbocycles. The van der Waals surface area contributed by atoms with Crippen molar-refractivity contribution in [3.8, 4) is 23.0 Å². The minimum atomic E-state index is -0.465. The molecule has 2 aliphatic rings. The molecule has 3 aromatic carbocycles. The highest BCUT2D eigenvalue weighted by Crippen LogP contribution is 2.40. The van der Waals surface area contributed by atoms with E-state index < -0.39 is 16.1 Å². The molecule has 2 amide bonds. The minimum Gasteiger partial charge on any atom is -0.493 e. The highest BCUT2D eigenvalue weighted by atomic mass is 35.5. The first-order valence-electron chi connectivity index (χ1n) is 11.2. The van der Waals surface area contributed by atoms with Crippen LogP contribution in [0, 0.1) is 10.1 Å². The van der Waals surface area contributed by atoms with Crippen LogP contribution < -0.4 is 18.9 Å². The molecule has 0 N–H and O–H groups in total. The molecule has 0 aliphatic carbocycles. The summed E-state index contributed by atoms with van der Waals surface area (Å²) < 4.78 is 21.9. The van der Waals surface area contributed by atoms with Gasteiger partial charge in [-0.2, -0.15) is 0 Å². The number of carbonyl (C=O) groups excluding carboxylic acids is 2. The number of amides is 2. The van der Waals surface area contributed by atoms with Gasteiger partial charge in [0, 0.05) is 23.2 Å². The Hall–Kier alpha value is -4.22. The normalized spacial score (nSPS) is 15.3. The number of nitrogens with zero attached hydrogens (tertiary/aromatic N) is 2. The van der Waals surface area contributed by atoms with Gasteiger partial charge in [-0.1, -0.05) is 17.7 Å². The van der Waals surface area contributed by atoms with E-state index in [1.165, 1.54) is 19.2 Å². The Morgan fingerprint density at radius 2 is 1.82 bits per heavy atom. The van der Waals surface area contributed by atoms with Crippen molar-refractivity contribution in [3.05, 3.63) is 91.3 Å². The molecule has 0 unspecified atom stereocenters. The minimum absolute atomic E-state index is 0.000845. The summed E-state index contributed by atoms with van der Waals surface area (Å²) in [7, 11) is 1.49. The lowest BCUT2D eigenvalue weighted by molar-refractivity contribution is -0.384. The third kappa shape index (κ3) is 5.24. The smallest absolute Gasteiger partial charge is 0.293 e. The van der Waals surface area contributed by atoms with Gasteiger partial charge in [0.2, 0.25) is 6.79 Å². The van der Waals surface area contributed by atoms with Crippen LogP contribution in [0.3, 0.4) is 0 Å². The van der Waals surface area contributed by atoms with Crippen molar-refractivity contribution in [2.24, 2.45) is 0 Å². The van der Waals surface area contributed by atoms with E-state index in [9.17, 15) is 19.7 Å². The Morgan fingerprint density at radius 3 is 2.53 bits per heavy atom. The SMILES string of the molecule is COc1cc(/C=C2\SC(=O)N(Cc3cc4c(cc3Cl)OCO4)C2=O)ccc1OCc1ccc([N+](=O)[O-])cc1. The van der Waals surface area contributed by atoms with Crippen molar-refractivity contribution in [1.29, 1.82) is 0 Å². The first-order valence-corrected chi connectivity index (χ1v) is 12.4. The number of imide groups is 1. The van der Waals surface area contributed by atoms with Gasteiger partial charge in [-0.25, -0.2) is 0 Å². The number of non-ortho nitro benzene ring substituents is 1. The second kappa shape index (κ2) is 10.6. The van der Waals surface area contributed by atoms with Gasteiger partial charge >= 0.3 is 0 Å². The fourth-order valence-electron chi connectivity index (χ4n) is 3.81. The molecule has 0 bridgehead atoms. The van der Waals surface area contributed by atoms with Crippen LogP contribution in [0.2, 0.25) is 5.02 Å². The number of carbonyl (C=O) groups is 2. The molecule has 5 rings (SSSR count). The Kier molecular flexibility index (Phi) is 7.12. The summed E-state index contributed by atoms with van der Waals surface area (Å²) in [5.41, 5.74) is 1.95. The Labute approximate surface area is 225 Å². The molecule has 1 saturated heterocycles. The highest BCUT2D eigenvalue weighted by Gasteiger charge is 2.35. The number of hydrogen-bond acceptors (Lipinski definition) is 9. The van der Waals surface area contributed by atoms with Gasteiger partial charge < -0.3 is 18.9 Å². The maximum Gasteiger partial charge on any atom is 0.293 e. The van der Waals surface area contributed by atoms with Crippen LogP contribution in [0.15, 0.2) is 59.5 Å². The third-order valence-corrected chi connectivity index (χ3v) is 7.03. The Balaban J connectivity index is 1.29. The fourth-order valence-corrected chi connectivity index (χ4v) is 4.86. The summed E-state index contributed by atoms with van der Waals surface area (Å²) in [6.45, 7) is 0.259. The summed E-state index contributed by atoms with van der Waals surface area (Å²) in [5.74, 6) is 1.46. The highest BCUT2D eigenvalue weighted by molar-refractivity contribution is 8.18. The molecular formula is C26H19ClN2O8S. The summed E-state index contributed by atoms with van der Waals surface area (Å²) in [4.78, 5) is 37.4. The van der Waals surface area contributed by atoms with Crippen LogP contribution in [0.5, 0.6) is 23.0 Å². The number of hydrogen-bond donors (Lipinski definition) is 0. The molecule has 38 heavy (non-hydrogen) atoms. The summed E-state index contributed by atoms with van der Waals surface area (Å²) >= 11 is 7.16. The molecule has 0 aromatic heterocycles. The summed E-state index contributed by atoms with van der Waals surface area (Å²) in [6, 6.07) is 14.4. The number of halogens is 1. The number of ether oxygens (including phenoxy) is 4. The van der Waals surface area contributed by atoms with Crippen LogP contribution in [-0.4, -0.2) is 34.9 Å². The molecular weight excluding hydrogens is 536 g/mol. The number of methoxy groups -OCH3 is 1. The van der Waals surface area contributed by atoms with Gasteiger partial charge in [0.1, 0.15) is 6.61 Å². The lowest BCUT2D eigenvalue weighted by atomic mass is 10.1. The van der Waals surface area contributed by atoms with Gasteiger partial charge in [-0.3, -0.25) is 24.6 Å². The molecule has 1 fully saturated rings. The van der Waals surface area contributed by atoms with E-state index >= 15 is 0 Å². The Morgan fingerprint density at radius 1 is 1.08 bits per heavy atom. The van der Waals surface area contributed by atoms with Crippen molar-refractivity contribution in [3.63, 3.8) is 0 Å². The van der Waals surface area contributed by atoms with Crippen molar-refractivity contribution < 1.29 is 33.5 Å². The second-order valence-electron chi connectivity index (χ2n) is 8.19. The van der Waals surface area contributed by atoms with Crippen LogP contribution >= 0.6 is 23.4 Å². The number of benzene rings is 3. The van der Waals surface area contributed by atoms with E-state index in [0.29, 0.717) is 39.1 Å². The molecule has 12 heteroatoms.